The summed E-state index contributed by atoms with van der Waals surface area (Å²) in [5.41, 5.74) is 6.49. The van der Waals surface area contributed by atoms with Gasteiger partial charge in [-0.2, -0.15) is 0 Å². The monoisotopic (exact) mass is 276 g/mol. The van der Waals surface area contributed by atoms with Crippen molar-refractivity contribution in [2.45, 2.75) is 26.2 Å². The van der Waals surface area contributed by atoms with E-state index in [4.69, 9.17) is 18.0 Å². The summed E-state index contributed by atoms with van der Waals surface area (Å²) < 4.78 is 0. The van der Waals surface area contributed by atoms with Crippen LogP contribution in [0.15, 0.2) is 30.3 Å². The molecule has 2 N–H and O–H groups in total. The number of anilines is 1. The maximum absolute atomic E-state index is 12.6. The Bertz CT molecular complexity index is 456. The van der Waals surface area contributed by atoms with Crippen LogP contribution in [0.25, 0.3) is 0 Å². The molecule has 1 aliphatic carbocycles. The molecule has 1 atom stereocenters. The smallest absolute Gasteiger partial charge is 0.230 e. The lowest BCUT2D eigenvalue weighted by atomic mass is 10.0. The van der Waals surface area contributed by atoms with E-state index in [0.29, 0.717) is 23.9 Å². The Hall–Kier alpha value is -1.42. The first-order valence-electron chi connectivity index (χ1n) is 6.74. The highest BCUT2D eigenvalue weighted by Crippen LogP contribution is 2.38. The molecular weight excluding hydrogens is 256 g/mol. The molecule has 0 radical (unpaired) electrons. The number of amides is 1. The third-order valence-corrected chi connectivity index (χ3v) is 3.84. The highest BCUT2D eigenvalue weighted by atomic mass is 32.1. The third kappa shape index (κ3) is 3.77. The van der Waals surface area contributed by atoms with E-state index in [9.17, 15) is 4.79 Å². The SMILES string of the molecule is CC(C(=O)N(CCC(N)=S)c1ccccc1)C1CC1. The number of nitrogens with two attached hydrogens (primary N) is 1. The number of hydrogen-bond acceptors (Lipinski definition) is 2. The summed E-state index contributed by atoms with van der Waals surface area (Å²) in [6.07, 6.45) is 2.91. The topological polar surface area (TPSA) is 46.3 Å². The Kier molecular flexibility index (Phi) is 4.53. The molecule has 1 amide bonds. The summed E-state index contributed by atoms with van der Waals surface area (Å²) in [7, 11) is 0. The van der Waals surface area contributed by atoms with Crippen LogP contribution < -0.4 is 10.6 Å². The minimum absolute atomic E-state index is 0.0894. The summed E-state index contributed by atoms with van der Waals surface area (Å²) >= 11 is 4.92. The van der Waals surface area contributed by atoms with Gasteiger partial charge in [-0.1, -0.05) is 37.3 Å². The summed E-state index contributed by atoms with van der Waals surface area (Å²) in [5, 5.41) is 0. The molecule has 0 bridgehead atoms. The number of rotatable bonds is 6. The molecule has 1 aromatic carbocycles. The Balaban J connectivity index is 2.13. The first kappa shape index (κ1) is 14.0. The van der Waals surface area contributed by atoms with Crippen molar-refractivity contribution in [3.05, 3.63) is 30.3 Å². The maximum atomic E-state index is 12.6. The number of carbonyl (C=O) groups is 1. The summed E-state index contributed by atoms with van der Waals surface area (Å²) in [4.78, 5) is 14.9. The lowest BCUT2D eigenvalue weighted by molar-refractivity contribution is -0.122. The molecular formula is C15H20N2OS. The normalized spacial score (nSPS) is 15.8. The van der Waals surface area contributed by atoms with E-state index in [2.05, 4.69) is 0 Å². The first-order chi connectivity index (χ1) is 9.09. The zero-order valence-corrected chi connectivity index (χ0v) is 12.0. The van der Waals surface area contributed by atoms with Gasteiger partial charge in [-0.05, 0) is 30.9 Å². The molecule has 1 saturated carbocycles. The lowest BCUT2D eigenvalue weighted by Gasteiger charge is -2.26. The van der Waals surface area contributed by atoms with E-state index in [1.54, 1.807) is 0 Å². The van der Waals surface area contributed by atoms with Crippen LogP contribution >= 0.6 is 12.2 Å². The number of para-hydroxylation sites is 1. The molecule has 102 valence electrons. The van der Waals surface area contributed by atoms with Gasteiger partial charge in [0.2, 0.25) is 5.91 Å². The van der Waals surface area contributed by atoms with Crippen molar-refractivity contribution in [2.75, 3.05) is 11.4 Å². The van der Waals surface area contributed by atoms with Crippen LogP contribution in [0.2, 0.25) is 0 Å². The molecule has 0 aromatic heterocycles. The summed E-state index contributed by atoms with van der Waals surface area (Å²) in [6, 6.07) is 9.74. The zero-order chi connectivity index (χ0) is 13.8. The van der Waals surface area contributed by atoms with Crippen molar-refractivity contribution in [1.29, 1.82) is 0 Å². The highest BCUT2D eigenvalue weighted by molar-refractivity contribution is 7.80. The van der Waals surface area contributed by atoms with E-state index in [1.165, 1.54) is 12.8 Å². The van der Waals surface area contributed by atoms with Crippen LogP contribution in [-0.2, 0) is 4.79 Å². The van der Waals surface area contributed by atoms with Gasteiger partial charge in [0.15, 0.2) is 0 Å². The fourth-order valence-corrected chi connectivity index (χ4v) is 2.33. The van der Waals surface area contributed by atoms with Crippen molar-refractivity contribution in [2.24, 2.45) is 17.6 Å². The maximum Gasteiger partial charge on any atom is 0.230 e. The quantitative estimate of drug-likeness (QED) is 0.813. The van der Waals surface area contributed by atoms with Crippen LogP contribution in [0.4, 0.5) is 5.69 Å². The van der Waals surface area contributed by atoms with Gasteiger partial charge in [0.1, 0.15) is 0 Å². The van der Waals surface area contributed by atoms with Crippen molar-refractivity contribution in [3.8, 4) is 0 Å². The molecule has 1 aromatic rings. The molecule has 0 aliphatic heterocycles. The van der Waals surface area contributed by atoms with Gasteiger partial charge >= 0.3 is 0 Å². The molecule has 4 heteroatoms. The van der Waals surface area contributed by atoms with Crippen molar-refractivity contribution in [1.82, 2.24) is 0 Å². The predicted molar refractivity (Wildman–Crippen MR) is 82.1 cm³/mol. The van der Waals surface area contributed by atoms with Crippen LogP contribution in [-0.4, -0.2) is 17.4 Å². The van der Waals surface area contributed by atoms with Gasteiger partial charge in [-0.3, -0.25) is 4.79 Å². The van der Waals surface area contributed by atoms with Crippen LogP contribution in [0.1, 0.15) is 26.2 Å². The Morgan fingerprint density at radius 3 is 2.58 bits per heavy atom. The van der Waals surface area contributed by atoms with E-state index in [-0.39, 0.29) is 11.8 Å². The average molecular weight is 276 g/mol. The van der Waals surface area contributed by atoms with Gasteiger partial charge in [0.25, 0.3) is 0 Å². The van der Waals surface area contributed by atoms with Gasteiger partial charge in [-0.15, -0.1) is 0 Å². The third-order valence-electron chi connectivity index (χ3n) is 3.63. The number of carbonyl (C=O) groups excluding carboxylic acids is 1. The molecule has 0 saturated heterocycles. The van der Waals surface area contributed by atoms with Gasteiger partial charge in [0, 0.05) is 24.6 Å². The second-order valence-corrected chi connectivity index (χ2v) is 5.69. The fourth-order valence-electron chi connectivity index (χ4n) is 2.24. The van der Waals surface area contributed by atoms with Crippen LogP contribution in [0, 0.1) is 11.8 Å². The van der Waals surface area contributed by atoms with E-state index >= 15 is 0 Å². The molecule has 1 unspecified atom stereocenters. The molecule has 0 heterocycles. The van der Waals surface area contributed by atoms with E-state index < -0.39 is 0 Å². The second kappa shape index (κ2) is 6.15. The minimum atomic E-state index is 0.0894. The lowest BCUT2D eigenvalue weighted by Crippen LogP contribution is -2.38. The molecule has 2 rings (SSSR count). The van der Waals surface area contributed by atoms with Crippen LogP contribution in [0.3, 0.4) is 0 Å². The summed E-state index contributed by atoms with van der Waals surface area (Å²) in [6.45, 7) is 2.59. The molecule has 1 fully saturated rings. The Morgan fingerprint density at radius 2 is 2.05 bits per heavy atom. The first-order valence-corrected chi connectivity index (χ1v) is 7.15. The number of thiocarbonyl (C=S) groups is 1. The largest absolute Gasteiger partial charge is 0.393 e. The Labute approximate surface area is 119 Å². The Morgan fingerprint density at radius 1 is 1.42 bits per heavy atom. The van der Waals surface area contributed by atoms with Crippen LogP contribution in [0.5, 0.6) is 0 Å². The van der Waals surface area contributed by atoms with Gasteiger partial charge in [-0.25, -0.2) is 0 Å². The molecule has 1 aliphatic rings. The highest BCUT2D eigenvalue weighted by Gasteiger charge is 2.35. The molecule has 0 spiro atoms. The van der Waals surface area contributed by atoms with E-state index in [0.717, 1.165) is 5.69 Å². The fraction of sp³-hybridized carbons (Fsp3) is 0.467. The van der Waals surface area contributed by atoms with E-state index in [1.807, 2.05) is 42.2 Å². The second-order valence-electron chi connectivity index (χ2n) is 5.17. The zero-order valence-electron chi connectivity index (χ0n) is 11.2. The van der Waals surface area contributed by atoms with Gasteiger partial charge in [0.05, 0.1) is 4.99 Å². The molecule has 19 heavy (non-hydrogen) atoms. The van der Waals surface area contributed by atoms with Crippen molar-refractivity contribution >= 4 is 28.8 Å². The number of benzene rings is 1. The minimum Gasteiger partial charge on any atom is -0.393 e. The average Bonchev–Trinajstić information content (AvgIpc) is 3.23. The van der Waals surface area contributed by atoms with Crippen molar-refractivity contribution < 1.29 is 4.79 Å². The number of nitrogens with zero attached hydrogens (tertiary/aromatic N) is 1. The number of hydrogen-bond donors (Lipinski definition) is 1. The standard InChI is InChI=1S/C15H20N2OS/c1-11(12-7-8-12)15(18)17(10-9-14(16)19)13-5-3-2-4-6-13/h2-6,11-12H,7-10H2,1H3,(H2,16,19). The van der Waals surface area contributed by atoms with Gasteiger partial charge < -0.3 is 10.6 Å². The predicted octanol–water partition coefficient (Wildman–Crippen LogP) is 2.74. The van der Waals surface area contributed by atoms with Crippen molar-refractivity contribution in [3.63, 3.8) is 0 Å². The molecule has 3 nitrogen and oxygen atoms in total. The summed E-state index contributed by atoms with van der Waals surface area (Å²) in [5.74, 6) is 0.833.